The molecule has 1 aliphatic rings. The van der Waals surface area contributed by atoms with Gasteiger partial charge in [0, 0.05) is 36.1 Å². The minimum atomic E-state index is -0.437. The van der Waals surface area contributed by atoms with Crippen LogP contribution in [0.25, 0.3) is 16.8 Å². The van der Waals surface area contributed by atoms with Crippen molar-refractivity contribution in [1.29, 1.82) is 0 Å². The molecule has 1 saturated heterocycles. The predicted molar refractivity (Wildman–Crippen MR) is 116 cm³/mol. The highest BCUT2D eigenvalue weighted by Gasteiger charge is 2.26. The molecule has 1 aliphatic heterocycles. The molecule has 1 aromatic carbocycles. The molecule has 0 saturated carbocycles. The van der Waals surface area contributed by atoms with Crippen molar-refractivity contribution in [3.63, 3.8) is 0 Å². The minimum absolute atomic E-state index is 0.189. The summed E-state index contributed by atoms with van der Waals surface area (Å²) in [4.78, 5) is 23.4. The van der Waals surface area contributed by atoms with E-state index in [2.05, 4.69) is 25.1 Å². The van der Waals surface area contributed by atoms with E-state index in [1.807, 2.05) is 24.3 Å². The van der Waals surface area contributed by atoms with Gasteiger partial charge in [0.2, 0.25) is 5.65 Å². The van der Waals surface area contributed by atoms with Gasteiger partial charge in [-0.3, -0.25) is 9.97 Å². The lowest BCUT2D eigenvalue weighted by atomic mass is 10.0. The third-order valence-electron chi connectivity index (χ3n) is 5.38. The van der Waals surface area contributed by atoms with Gasteiger partial charge < -0.3 is 10.0 Å². The Morgan fingerprint density at radius 3 is 2.74 bits per heavy atom. The van der Waals surface area contributed by atoms with Gasteiger partial charge in [-0.05, 0) is 30.5 Å². The molecule has 4 aromatic rings. The maximum atomic E-state index is 13.0. The first kappa shape index (κ1) is 19.7. The number of fused-ring (bicyclic) bond motifs is 1. The fraction of sp³-hybridized carbons (Fsp3) is 0.286. The van der Waals surface area contributed by atoms with Crippen LogP contribution in [0.15, 0.2) is 53.8 Å². The number of β-amino-alcohol motifs (C(OH)–C–C–N with tert-alkyl or cyclic N) is 1. The largest absolute Gasteiger partial charge is 0.391 e. The number of aromatic nitrogens is 6. The highest BCUT2D eigenvalue weighted by Crippen LogP contribution is 2.35. The Balaban J connectivity index is 1.69. The SMILES string of the molecule is O=c1n(Cc2cnccn2)nc2c(N3CCCC(O)C3)c(-c3ccc(Cl)cc3)cnn12. The van der Waals surface area contributed by atoms with Crippen LogP contribution in [-0.4, -0.2) is 53.7 Å². The van der Waals surface area contributed by atoms with Crippen molar-refractivity contribution >= 4 is 22.9 Å². The van der Waals surface area contributed by atoms with Crippen molar-refractivity contribution in [2.45, 2.75) is 25.5 Å². The summed E-state index contributed by atoms with van der Waals surface area (Å²) >= 11 is 6.07. The molecule has 31 heavy (non-hydrogen) atoms. The average Bonchev–Trinajstić information content (AvgIpc) is 3.09. The molecule has 0 bridgehead atoms. The second-order valence-electron chi connectivity index (χ2n) is 7.53. The summed E-state index contributed by atoms with van der Waals surface area (Å²) in [5, 5.41) is 19.9. The molecule has 5 rings (SSSR count). The Morgan fingerprint density at radius 1 is 1.16 bits per heavy atom. The van der Waals surface area contributed by atoms with Crippen molar-refractivity contribution in [2.75, 3.05) is 18.0 Å². The average molecular weight is 438 g/mol. The molecule has 1 atom stereocenters. The summed E-state index contributed by atoms with van der Waals surface area (Å²) < 4.78 is 2.63. The summed E-state index contributed by atoms with van der Waals surface area (Å²) in [7, 11) is 0. The van der Waals surface area contributed by atoms with E-state index in [1.165, 1.54) is 9.20 Å². The number of aliphatic hydroxyl groups is 1. The number of hydrogen-bond acceptors (Lipinski definition) is 7. The van der Waals surface area contributed by atoms with Gasteiger partial charge >= 0.3 is 5.69 Å². The third-order valence-corrected chi connectivity index (χ3v) is 5.64. The molecule has 9 nitrogen and oxygen atoms in total. The Morgan fingerprint density at radius 2 is 2.00 bits per heavy atom. The number of piperidine rings is 1. The molecule has 4 heterocycles. The van der Waals surface area contributed by atoms with E-state index in [1.54, 1.807) is 24.8 Å². The van der Waals surface area contributed by atoms with Crippen LogP contribution in [0.4, 0.5) is 5.69 Å². The van der Waals surface area contributed by atoms with Gasteiger partial charge in [0.25, 0.3) is 0 Å². The normalized spacial score (nSPS) is 16.7. The summed E-state index contributed by atoms with van der Waals surface area (Å²) in [6.45, 7) is 1.41. The topological polar surface area (TPSA) is 101 Å². The van der Waals surface area contributed by atoms with Crippen LogP contribution in [0.1, 0.15) is 18.5 Å². The number of halogens is 1. The zero-order valence-corrected chi connectivity index (χ0v) is 17.4. The smallest absolute Gasteiger partial charge is 0.367 e. The standard InChI is InChI=1S/C21H20ClN7O2/c22-15-5-3-14(4-6-15)18-11-25-29-20(19(18)27-9-1-2-17(30)13-27)26-28(21(29)31)12-16-10-23-7-8-24-16/h3-8,10-11,17,30H,1-2,9,12-13H2. The second kappa shape index (κ2) is 8.09. The fourth-order valence-electron chi connectivity index (χ4n) is 3.93. The van der Waals surface area contributed by atoms with Gasteiger partial charge in [-0.1, -0.05) is 23.7 Å². The van der Waals surface area contributed by atoms with E-state index in [0.29, 0.717) is 22.9 Å². The van der Waals surface area contributed by atoms with Crippen LogP contribution in [0.5, 0.6) is 0 Å². The Bertz CT molecular complexity index is 1270. The van der Waals surface area contributed by atoms with E-state index in [0.717, 1.165) is 36.2 Å². The maximum Gasteiger partial charge on any atom is 0.367 e. The lowest BCUT2D eigenvalue weighted by Gasteiger charge is -2.33. The summed E-state index contributed by atoms with van der Waals surface area (Å²) in [6, 6.07) is 7.45. The van der Waals surface area contributed by atoms with Gasteiger partial charge in [-0.15, -0.1) is 5.10 Å². The zero-order valence-electron chi connectivity index (χ0n) is 16.6. The number of rotatable bonds is 4. The van der Waals surface area contributed by atoms with Crippen LogP contribution in [0.2, 0.25) is 5.02 Å². The molecule has 0 aliphatic carbocycles. The van der Waals surface area contributed by atoms with Crippen molar-refractivity contribution < 1.29 is 5.11 Å². The summed E-state index contributed by atoms with van der Waals surface area (Å²) in [5.74, 6) is 0. The van der Waals surface area contributed by atoms with Crippen molar-refractivity contribution in [2.24, 2.45) is 0 Å². The predicted octanol–water partition coefficient (Wildman–Crippen LogP) is 2.01. The number of aliphatic hydroxyl groups excluding tert-OH is 1. The highest BCUT2D eigenvalue weighted by atomic mass is 35.5. The van der Waals surface area contributed by atoms with E-state index in [-0.39, 0.29) is 12.2 Å². The second-order valence-corrected chi connectivity index (χ2v) is 7.96. The van der Waals surface area contributed by atoms with Gasteiger partial charge in [-0.2, -0.15) is 9.61 Å². The van der Waals surface area contributed by atoms with Gasteiger partial charge in [0.1, 0.15) is 0 Å². The van der Waals surface area contributed by atoms with Crippen molar-refractivity contribution in [3.8, 4) is 11.1 Å². The molecule has 158 valence electrons. The van der Waals surface area contributed by atoms with E-state index in [4.69, 9.17) is 11.6 Å². The Kier molecular flexibility index (Phi) is 5.13. The third kappa shape index (κ3) is 3.77. The van der Waals surface area contributed by atoms with Gasteiger partial charge in [0.15, 0.2) is 0 Å². The zero-order chi connectivity index (χ0) is 21.4. The molecule has 1 N–H and O–H groups in total. The van der Waals surface area contributed by atoms with Crippen molar-refractivity contribution in [3.05, 3.63) is 70.3 Å². The van der Waals surface area contributed by atoms with Crippen molar-refractivity contribution in [1.82, 2.24) is 29.4 Å². The van der Waals surface area contributed by atoms with Crippen LogP contribution in [0, 0.1) is 0 Å². The molecule has 1 fully saturated rings. The van der Waals surface area contributed by atoms with Crippen LogP contribution < -0.4 is 10.6 Å². The molecule has 1 unspecified atom stereocenters. The Hall–Kier alpha value is -3.30. The van der Waals surface area contributed by atoms with Gasteiger partial charge in [-0.25, -0.2) is 9.48 Å². The van der Waals surface area contributed by atoms with Crippen LogP contribution >= 0.6 is 11.6 Å². The molecular weight excluding hydrogens is 418 g/mol. The van der Waals surface area contributed by atoms with E-state index < -0.39 is 6.10 Å². The molecule has 0 radical (unpaired) electrons. The van der Waals surface area contributed by atoms with E-state index in [9.17, 15) is 9.90 Å². The summed E-state index contributed by atoms with van der Waals surface area (Å²) in [6.07, 6.45) is 7.59. The summed E-state index contributed by atoms with van der Waals surface area (Å²) in [5.41, 5.74) is 3.21. The number of benzene rings is 1. The quantitative estimate of drug-likeness (QED) is 0.521. The highest BCUT2D eigenvalue weighted by molar-refractivity contribution is 6.30. The molecule has 10 heteroatoms. The number of hydrogen-bond donors (Lipinski definition) is 1. The lowest BCUT2D eigenvalue weighted by molar-refractivity contribution is 0.154. The van der Waals surface area contributed by atoms with Crippen LogP contribution in [0.3, 0.4) is 0 Å². The minimum Gasteiger partial charge on any atom is -0.391 e. The lowest BCUT2D eigenvalue weighted by Crippen LogP contribution is -2.39. The first-order chi connectivity index (χ1) is 15.1. The van der Waals surface area contributed by atoms with Crippen LogP contribution in [-0.2, 0) is 6.54 Å². The van der Waals surface area contributed by atoms with E-state index >= 15 is 0 Å². The molecule has 0 spiro atoms. The Labute approximate surface area is 182 Å². The number of anilines is 1. The maximum absolute atomic E-state index is 13.0. The van der Waals surface area contributed by atoms with Gasteiger partial charge in [0.05, 0.1) is 36.4 Å². The monoisotopic (exact) mass is 437 g/mol. The molecule has 3 aromatic heterocycles. The first-order valence-corrected chi connectivity index (χ1v) is 10.4. The molecular formula is C21H20ClN7O2. The first-order valence-electron chi connectivity index (χ1n) is 10.0. The number of nitrogens with zero attached hydrogens (tertiary/aromatic N) is 7. The fourth-order valence-corrected chi connectivity index (χ4v) is 4.05. The molecule has 0 amide bonds.